The van der Waals surface area contributed by atoms with E-state index in [1.54, 1.807) is 11.3 Å². The van der Waals surface area contributed by atoms with Crippen LogP contribution in [0.4, 0.5) is 0 Å². The smallest absolute Gasteiger partial charge is 0.0355 e. The standard InChI is InChI=1S/C25H28N.C17H11N2S.Ir/c1-17-7-10-22(24-13-18(2)19(3)16-26-24)14-23(17)21-11-8-20(9-12-21)15-25(4,5)6;1-11-6-12(9-18-8-11)15-7-17-14(10-19-15)13-4-2-3-5-16(13)20-17;/h7-9,11-14,16H,15H2,1-6H3;2-8,10H,1H3;/q2*-1;. The first-order valence-corrected chi connectivity index (χ1v) is 16.5. The molecule has 0 aliphatic carbocycles. The summed E-state index contributed by atoms with van der Waals surface area (Å²) >= 11 is 1.80. The fourth-order valence-corrected chi connectivity index (χ4v) is 6.72. The van der Waals surface area contributed by atoms with Crippen LogP contribution in [-0.2, 0) is 26.5 Å². The number of pyridine rings is 3. The first-order chi connectivity index (χ1) is 22.0. The Morgan fingerprint density at radius 2 is 1.40 bits per heavy atom. The van der Waals surface area contributed by atoms with Crippen molar-refractivity contribution in [1.29, 1.82) is 0 Å². The topological polar surface area (TPSA) is 38.7 Å². The fraction of sp³-hybridized carbons (Fsp3) is 0.214. The molecule has 7 rings (SSSR count). The number of thiophene rings is 1. The molecular formula is C42H39IrN3S-2. The molecule has 0 amide bonds. The van der Waals surface area contributed by atoms with Gasteiger partial charge in [0, 0.05) is 52.7 Å². The Hall–Kier alpha value is -4.02. The van der Waals surface area contributed by atoms with Crippen LogP contribution in [0.15, 0.2) is 97.5 Å². The normalized spacial score (nSPS) is 11.2. The van der Waals surface area contributed by atoms with Crippen molar-refractivity contribution in [1.82, 2.24) is 15.0 Å². The molecule has 7 aromatic rings. The quantitative estimate of drug-likeness (QED) is 0.166. The van der Waals surface area contributed by atoms with E-state index in [1.165, 1.54) is 53.6 Å². The predicted molar refractivity (Wildman–Crippen MR) is 195 cm³/mol. The molecule has 0 unspecified atom stereocenters. The van der Waals surface area contributed by atoms with Crippen molar-refractivity contribution < 1.29 is 20.1 Å². The number of rotatable bonds is 4. The number of aromatic nitrogens is 3. The van der Waals surface area contributed by atoms with Crippen molar-refractivity contribution in [2.45, 2.75) is 54.9 Å². The molecule has 0 fully saturated rings. The Labute approximate surface area is 296 Å². The zero-order valence-electron chi connectivity index (χ0n) is 28.0. The van der Waals surface area contributed by atoms with E-state index < -0.39 is 0 Å². The van der Waals surface area contributed by atoms with Gasteiger partial charge in [0.2, 0.25) is 0 Å². The van der Waals surface area contributed by atoms with Crippen LogP contribution < -0.4 is 0 Å². The molecule has 0 spiro atoms. The summed E-state index contributed by atoms with van der Waals surface area (Å²) in [4.78, 5) is 13.3. The molecular weight excluding hydrogens is 771 g/mol. The van der Waals surface area contributed by atoms with Gasteiger partial charge in [0.1, 0.15) is 0 Å². The van der Waals surface area contributed by atoms with E-state index in [-0.39, 0.29) is 20.1 Å². The minimum Gasteiger partial charge on any atom is -0.360 e. The molecule has 0 aliphatic heterocycles. The van der Waals surface area contributed by atoms with Gasteiger partial charge in [-0.05, 0) is 66.0 Å². The van der Waals surface area contributed by atoms with Crippen LogP contribution in [0.25, 0.3) is 53.8 Å². The van der Waals surface area contributed by atoms with Gasteiger partial charge < -0.3 is 15.0 Å². The predicted octanol–water partition coefficient (Wildman–Crippen LogP) is 11.3. The van der Waals surface area contributed by atoms with Crippen molar-refractivity contribution >= 4 is 31.5 Å². The molecule has 4 heterocycles. The molecule has 5 heteroatoms. The van der Waals surface area contributed by atoms with Gasteiger partial charge in [0.05, 0.1) is 0 Å². The first kappa shape index (κ1) is 34.3. The van der Waals surface area contributed by atoms with Crippen molar-refractivity contribution in [3.63, 3.8) is 0 Å². The maximum atomic E-state index is 4.60. The Morgan fingerprint density at radius 3 is 2.13 bits per heavy atom. The zero-order valence-corrected chi connectivity index (χ0v) is 31.2. The summed E-state index contributed by atoms with van der Waals surface area (Å²) in [5, 5.41) is 2.49. The van der Waals surface area contributed by atoms with Crippen LogP contribution in [0.3, 0.4) is 0 Å². The Kier molecular flexibility index (Phi) is 10.5. The summed E-state index contributed by atoms with van der Waals surface area (Å²) in [6.45, 7) is 15.2. The molecule has 3 aromatic carbocycles. The van der Waals surface area contributed by atoms with E-state index in [1.807, 2.05) is 25.5 Å². The number of nitrogens with zero attached hydrogens (tertiary/aromatic N) is 3. The number of hydrogen-bond donors (Lipinski definition) is 0. The fourth-order valence-electron chi connectivity index (χ4n) is 5.61. The van der Waals surface area contributed by atoms with E-state index in [9.17, 15) is 0 Å². The maximum Gasteiger partial charge on any atom is 0.0355 e. The molecule has 47 heavy (non-hydrogen) atoms. The minimum absolute atomic E-state index is 0. The SMILES string of the molecule is Cc1cn[c-]c(-c2cc3sc4ccccc4c3cn2)c1.Cc1cnc(-c2[c-]cc(C)c(-c3ccc(CC(C)(C)C)cc3)c2)cc1C.[Ir]. The summed E-state index contributed by atoms with van der Waals surface area (Å²) in [6.07, 6.45) is 9.81. The van der Waals surface area contributed by atoms with Crippen LogP contribution >= 0.6 is 11.3 Å². The van der Waals surface area contributed by atoms with E-state index >= 15 is 0 Å². The van der Waals surface area contributed by atoms with Crippen LogP contribution in [0.5, 0.6) is 0 Å². The van der Waals surface area contributed by atoms with E-state index in [4.69, 9.17) is 0 Å². The third kappa shape index (κ3) is 8.11. The first-order valence-electron chi connectivity index (χ1n) is 15.7. The van der Waals surface area contributed by atoms with Crippen LogP contribution in [0, 0.1) is 45.4 Å². The van der Waals surface area contributed by atoms with Crippen molar-refractivity contribution in [3.05, 3.63) is 138 Å². The average Bonchev–Trinajstić information content (AvgIpc) is 3.41. The molecule has 0 bridgehead atoms. The molecule has 0 aliphatic rings. The Bertz CT molecular complexity index is 2160. The molecule has 1 radical (unpaired) electrons. The average molecular weight is 810 g/mol. The second-order valence-electron chi connectivity index (χ2n) is 13.4. The molecule has 3 nitrogen and oxygen atoms in total. The largest absolute Gasteiger partial charge is 0.360 e. The molecule has 0 saturated heterocycles. The van der Waals surface area contributed by atoms with Crippen LogP contribution in [0.2, 0.25) is 0 Å². The van der Waals surface area contributed by atoms with Gasteiger partial charge in [-0.25, -0.2) is 0 Å². The second kappa shape index (κ2) is 14.4. The number of benzene rings is 3. The van der Waals surface area contributed by atoms with E-state index in [2.05, 4.69) is 148 Å². The molecule has 0 N–H and O–H groups in total. The van der Waals surface area contributed by atoms with Crippen molar-refractivity contribution in [2.75, 3.05) is 0 Å². The Morgan fingerprint density at radius 1 is 0.681 bits per heavy atom. The van der Waals surface area contributed by atoms with Gasteiger partial charge in [-0.1, -0.05) is 107 Å². The van der Waals surface area contributed by atoms with Gasteiger partial charge in [-0.3, -0.25) is 0 Å². The molecule has 0 saturated carbocycles. The third-order valence-corrected chi connectivity index (χ3v) is 9.30. The molecule has 0 atom stereocenters. The van der Waals surface area contributed by atoms with Crippen LogP contribution in [-0.4, -0.2) is 15.0 Å². The minimum atomic E-state index is 0. The Balaban J connectivity index is 0.000000186. The number of fused-ring (bicyclic) bond motifs is 3. The van der Waals surface area contributed by atoms with Gasteiger partial charge >= 0.3 is 0 Å². The van der Waals surface area contributed by atoms with Crippen molar-refractivity contribution in [2.24, 2.45) is 5.41 Å². The molecule has 4 aromatic heterocycles. The molecule has 239 valence electrons. The van der Waals surface area contributed by atoms with Gasteiger partial charge in [-0.2, -0.15) is 0 Å². The van der Waals surface area contributed by atoms with Crippen molar-refractivity contribution in [3.8, 4) is 33.6 Å². The summed E-state index contributed by atoms with van der Waals surface area (Å²) in [7, 11) is 0. The van der Waals surface area contributed by atoms with E-state index in [0.717, 1.165) is 34.5 Å². The summed E-state index contributed by atoms with van der Waals surface area (Å²) in [6, 6.07) is 31.4. The third-order valence-electron chi connectivity index (χ3n) is 8.17. The van der Waals surface area contributed by atoms with Gasteiger partial charge in [0.25, 0.3) is 0 Å². The maximum absolute atomic E-state index is 4.60. The zero-order chi connectivity index (χ0) is 32.4. The summed E-state index contributed by atoms with van der Waals surface area (Å²) in [5.41, 5.74) is 12.9. The summed E-state index contributed by atoms with van der Waals surface area (Å²) < 4.78 is 2.55. The second-order valence-corrected chi connectivity index (χ2v) is 14.5. The monoisotopic (exact) mass is 810 g/mol. The van der Waals surface area contributed by atoms with Gasteiger partial charge in [0.15, 0.2) is 0 Å². The van der Waals surface area contributed by atoms with E-state index in [0.29, 0.717) is 5.41 Å². The summed E-state index contributed by atoms with van der Waals surface area (Å²) in [5.74, 6) is 0. The van der Waals surface area contributed by atoms with Gasteiger partial charge in [-0.15, -0.1) is 57.9 Å². The van der Waals surface area contributed by atoms with Crippen LogP contribution in [0.1, 0.15) is 48.6 Å². The number of aryl methyl sites for hydroxylation is 4. The number of hydrogen-bond acceptors (Lipinski definition) is 4.